The molecule has 6 heteroatoms. The Morgan fingerprint density at radius 3 is 1.74 bits per heavy atom. The quantitative estimate of drug-likeness (QED) is 0.323. The zero-order valence-corrected chi connectivity index (χ0v) is 14.7. The van der Waals surface area contributed by atoms with Crippen LogP contribution in [0.15, 0.2) is 11.8 Å². The first kappa shape index (κ1) is 27.2. The molecule has 19 heavy (non-hydrogen) atoms. The van der Waals surface area contributed by atoms with Crippen molar-refractivity contribution >= 4 is 29.1 Å². The number of aliphatic carboxylic acids is 1. The molecule has 0 aromatic heterocycles. The van der Waals surface area contributed by atoms with E-state index >= 15 is 0 Å². The number of allylic oxidation sites excluding steroid dienone is 2. The summed E-state index contributed by atoms with van der Waals surface area (Å²) in [6.07, 6.45) is 7.05. The van der Waals surface area contributed by atoms with Gasteiger partial charge in [0.15, 0.2) is 23.1 Å². The second-order valence-corrected chi connectivity index (χ2v) is 3.95. The van der Waals surface area contributed by atoms with Gasteiger partial charge in [-0.25, -0.2) is 0 Å². The summed E-state index contributed by atoms with van der Waals surface area (Å²) in [4.78, 5) is 20.0. The van der Waals surface area contributed by atoms with Crippen LogP contribution in [0.1, 0.15) is 59.3 Å². The molecule has 0 saturated carbocycles. The van der Waals surface area contributed by atoms with Gasteiger partial charge in [-0.3, -0.25) is 9.59 Å². The van der Waals surface area contributed by atoms with Crippen molar-refractivity contribution in [3.8, 4) is 0 Å². The Bertz CT molecular complexity index is 251. The fourth-order valence-corrected chi connectivity index (χ4v) is 1.17. The first-order valence-electron chi connectivity index (χ1n) is 5.99. The van der Waals surface area contributed by atoms with Crippen LogP contribution in [0, 0.1) is 0 Å². The molecule has 0 unspecified atom stereocenters. The van der Waals surface area contributed by atoms with Gasteiger partial charge in [-0.1, -0.05) is 32.6 Å². The molecule has 0 spiro atoms. The van der Waals surface area contributed by atoms with Gasteiger partial charge in [0.2, 0.25) is 0 Å². The molecular formula is C13H27AlO4Zn. The maximum absolute atomic E-state index is 10.0. The smallest absolute Gasteiger partial charge is 0.303 e. The third-order valence-electron chi connectivity index (χ3n) is 1.91. The average molecular weight is 340 g/mol. The van der Waals surface area contributed by atoms with Crippen molar-refractivity contribution in [1.82, 2.24) is 0 Å². The van der Waals surface area contributed by atoms with Gasteiger partial charge in [0.05, 0.1) is 5.76 Å². The van der Waals surface area contributed by atoms with E-state index in [1.807, 2.05) is 0 Å². The van der Waals surface area contributed by atoms with Gasteiger partial charge in [-0.05, 0) is 20.3 Å². The predicted octanol–water partition coefficient (Wildman–Crippen LogP) is 2.28. The summed E-state index contributed by atoms with van der Waals surface area (Å²) in [5, 5.41) is 16.6. The number of hydrogen-bond donors (Lipinski definition) is 2. The van der Waals surface area contributed by atoms with Crippen LogP contribution in [-0.4, -0.2) is 39.3 Å². The van der Waals surface area contributed by atoms with Gasteiger partial charge in [0.1, 0.15) is 0 Å². The number of hydrogen-bond acceptors (Lipinski definition) is 3. The fourth-order valence-electron chi connectivity index (χ4n) is 1.17. The number of unbranched alkanes of at least 4 members (excludes halogenated alkanes) is 4. The monoisotopic (exact) mass is 338 g/mol. The fraction of sp³-hybridized carbons (Fsp3) is 0.692. The zero-order chi connectivity index (χ0) is 13.7. The first-order chi connectivity index (χ1) is 7.90. The van der Waals surface area contributed by atoms with Crippen molar-refractivity contribution in [3.63, 3.8) is 0 Å². The van der Waals surface area contributed by atoms with Crippen LogP contribution in [0.2, 0.25) is 0 Å². The van der Waals surface area contributed by atoms with E-state index in [-0.39, 0.29) is 48.4 Å². The van der Waals surface area contributed by atoms with E-state index in [2.05, 4.69) is 6.92 Å². The minimum absolute atomic E-state index is 0. The Hall–Kier alpha value is -0.164. The predicted molar refractivity (Wildman–Crippen MR) is 78.0 cm³/mol. The van der Waals surface area contributed by atoms with Gasteiger partial charge < -0.3 is 10.2 Å². The van der Waals surface area contributed by atoms with Gasteiger partial charge >= 0.3 is 5.97 Å². The maximum Gasteiger partial charge on any atom is 0.303 e. The van der Waals surface area contributed by atoms with Crippen molar-refractivity contribution in [2.75, 3.05) is 0 Å². The Morgan fingerprint density at radius 2 is 1.47 bits per heavy atom. The maximum atomic E-state index is 10.0. The number of aliphatic hydroxyl groups excluding tert-OH is 1. The molecule has 0 rings (SSSR count). The van der Waals surface area contributed by atoms with Crippen LogP contribution in [0.3, 0.4) is 0 Å². The number of carboxylic acids is 1. The minimum atomic E-state index is -0.670. The van der Waals surface area contributed by atoms with Crippen LogP contribution in [0.5, 0.6) is 0 Å². The number of ketones is 1. The molecule has 0 aliphatic carbocycles. The zero-order valence-electron chi connectivity index (χ0n) is 11.7. The van der Waals surface area contributed by atoms with Crippen LogP contribution in [0.25, 0.3) is 0 Å². The van der Waals surface area contributed by atoms with E-state index in [1.165, 1.54) is 39.2 Å². The van der Waals surface area contributed by atoms with Crippen LogP contribution in [-0.2, 0) is 29.1 Å². The van der Waals surface area contributed by atoms with Crippen LogP contribution >= 0.6 is 0 Å². The molecule has 0 saturated heterocycles. The summed E-state index contributed by atoms with van der Waals surface area (Å²) >= 11 is 0. The van der Waals surface area contributed by atoms with E-state index in [9.17, 15) is 9.59 Å². The molecular weight excluding hydrogens is 313 g/mol. The third-order valence-corrected chi connectivity index (χ3v) is 1.91. The van der Waals surface area contributed by atoms with Crippen molar-refractivity contribution < 1.29 is 39.3 Å². The van der Waals surface area contributed by atoms with Crippen LogP contribution < -0.4 is 0 Å². The topological polar surface area (TPSA) is 74.6 Å². The first-order valence-corrected chi connectivity index (χ1v) is 5.99. The average Bonchev–Trinajstić information content (AvgIpc) is 2.15. The van der Waals surface area contributed by atoms with Gasteiger partial charge in [0.25, 0.3) is 0 Å². The van der Waals surface area contributed by atoms with Gasteiger partial charge in [0, 0.05) is 32.0 Å². The molecule has 0 bridgehead atoms. The van der Waals surface area contributed by atoms with E-state index in [0.29, 0.717) is 6.42 Å². The Balaban J connectivity index is -0.000000112. The SMILES string of the molecule is CC(=O)/C=C(/C)O.CCCCCCCC(=O)O.[AlH3].[Zn]. The Labute approximate surface area is 139 Å². The minimum Gasteiger partial charge on any atom is -0.512 e. The van der Waals surface area contributed by atoms with Gasteiger partial charge in [-0.2, -0.15) is 0 Å². The molecule has 0 aliphatic heterocycles. The molecule has 0 amide bonds. The second-order valence-electron chi connectivity index (χ2n) is 3.95. The summed E-state index contributed by atoms with van der Waals surface area (Å²) in [5.41, 5.74) is 0. The van der Waals surface area contributed by atoms with E-state index < -0.39 is 5.97 Å². The molecule has 0 aromatic carbocycles. The molecule has 108 valence electrons. The van der Waals surface area contributed by atoms with E-state index in [1.54, 1.807) is 0 Å². The second kappa shape index (κ2) is 20.2. The Kier molecular flexibility index (Phi) is 28.9. The molecule has 0 fully saturated rings. The van der Waals surface area contributed by atoms with E-state index in [4.69, 9.17) is 10.2 Å². The van der Waals surface area contributed by atoms with Crippen molar-refractivity contribution in [2.45, 2.75) is 59.3 Å². The number of aliphatic hydroxyl groups is 1. The Morgan fingerprint density at radius 1 is 1.00 bits per heavy atom. The number of rotatable bonds is 7. The van der Waals surface area contributed by atoms with Gasteiger partial charge in [-0.15, -0.1) is 0 Å². The molecule has 0 aromatic rings. The van der Waals surface area contributed by atoms with Crippen molar-refractivity contribution in [1.29, 1.82) is 0 Å². The number of carboxylic acid groups (broad SMARTS) is 1. The van der Waals surface area contributed by atoms with E-state index in [0.717, 1.165) is 12.8 Å². The molecule has 2 N–H and O–H groups in total. The number of carbonyl (C=O) groups excluding carboxylic acids is 1. The molecule has 0 radical (unpaired) electrons. The summed E-state index contributed by atoms with van der Waals surface area (Å²) in [7, 11) is 0. The van der Waals surface area contributed by atoms with Crippen LogP contribution in [0.4, 0.5) is 0 Å². The summed E-state index contributed by atoms with van der Waals surface area (Å²) in [6, 6.07) is 0. The van der Waals surface area contributed by atoms with Crippen molar-refractivity contribution in [2.24, 2.45) is 0 Å². The standard InChI is InChI=1S/C8H16O2.C5H8O2.Al.Zn.3H/c1-2-3-4-5-6-7-8(9)10;1-4(6)3-5(2)7;;;;;/h2-7H2,1H3,(H,9,10);3,6H,1-2H3;;;;;/b;4-3-;;;;;. The molecule has 0 atom stereocenters. The summed E-state index contributed by atoms with van der Waals surface area (Å²) in [5.74, 6) is -0.732. The molecule has 0 aliphatic rings. The largest absolute Gasteiger partial charge is 0.512 e. The molecule has 4 nitrogen and oxygen atoms in total. The normalized spacial score (nSPS) is 9.32. The third kappa shape index (κ3) is 38.1. The molecule has 0 heterocycles. The summed E-state index contributed by atoms with van der Waals surface area (Å²) < 4.78 is 0. The number of carbonyl (C=O) groups is 2. The summed E-state index contributed by atoms with van der Waals surface area (Å²) in [6.45, 7) is 5.00. The van der Waals surface area contributed by atoms with Crippen molar-refractivity contribution in [3.05, 3.63) is 11.8 Å².